The van der Waals surface area contributed by atoms with Gasteiger partial charge in [0.05, 0.1) is 12.1 Å². The third kappa shape index (κ3) is 2.74. The van der Waals surface area contributed by atoms with E-state index in [1.54, 1.807) is 17.8 Å². The van der Waals surface area contributed by atoms with Crippen LogP contribution < -0.4 is 0 Å². The number of aryl methyl sites for hydroxylation is 2. The molecule has 0 N–H and O–H groups in total. The van der Waals surface area contributed by atoms with E-state index in [1.165, 1.54) is 13.8 Å². The van der Waals surface area contributed by atoms with E-state index in [2.05, 4.69) is 5.10 Å². The second kappa shape index (κ2) is 4.25. The molecule has 0 aliphatic rings. The zero-order valence-corrected chi connectivity index (χ0v) is 11.6. The molecule has 1 heterocycles. The van der Waals surface area contributed by atoms with Crippen molar-refractivity contribution < 1.29 is 13.2 Å². The number of sulfone groups is 1. The molecule has 0 saturated carbocycles. The van der Waals surface area contributed by atoms with Crippen LogP contribution in [0.2, 0.25) is 0 Å². The lowest BCUT2D eigenvalue weighted by Crippen LogP contribution is -2.41. The van der Waals surface area contributed by atoms with Crippen LogP contribution in [0.1, 0.15) is 25.2 Å². The fourth-order valence-corrected chi connectivity index (χ4v) is 1.90. The molecule has 0 bridgehead atoms. The summed E-state index contributed by atoms with van der Waals surface area (Å²) in [6.45, 7) is 4.71. The van der Waals surface area contributed by atoms with E-state index in [4.69, 9.17) is 0 Å². The highest BCUT2D eigenvalue weighted by Gasteiger charge is 2.38. The van der Waals surface area contributed by atoms with Gasteiger partial charge in [0.1, 0.15) is 4.75 Å². The van der Waals surface area contributed by atoms with Gasteiger partial charge in [-0.05, 0) is 26.8 Å². The van der Waals surface area contributed by atoms with E-state index in [0.29, 0.717) is 0 Å². The van der Waals surface area contributed by atoms with E-state index in [0.717, 1.165) is 17.6 Å². The Labute approximate surface area is 102 Å². The van der Waals surface area contributed by atoms with Gasteiger partial charge in [-0.3, -0.25) is 9.48 Å². The number of rotatable bonds is 4. The van der Waals surface area contributed by atoms with Gasteiger partial charge in [0.2, 0.25) is 0 Å². The molecule has 0 aromatic carbocycles. The van der Waals surface area contributed by atoms with E-state index >= 15 is 0 Å². The fourth-order valence-electron chi connectivity index (χ4n) is 1.41. The van der Waals surface area contributed by atoms with Gasteiger partial charge in [-0.15, -0.1) is 0 Å². The Morgan fingerprint density at radius 1 is 1.47 bits per heavy atom. The van der Waals surface area contributed by atoms with Crippen molar-refractivity contribution in [1.29, 1.82) is 0 Å². The normalized spacial score (nSPS) is 12.8. The van der Waals surface area contributed by atoms with E-state index in [9.17, 15) is 13.2 Å². The zero-order valence-electron chi connectivity index (χ0n) is 10.8. The first-order valence-electron chi connectivity index (χ1n) is 5.28. The van der Waals surface area contributed by atoms with Crippen molar-refractivity contribution in [2.24, 2.45) is 7.05 Å². The van der Waals surface area contributed by atoms with Gasteiger partial charge < -0.3 is 0 Å². The van der Waals surface area contributed by atoms with Gasteiger partial charge in [0, 0.05) is 19.0 Å². The van der Waals surface area contributed by atoms with Crippen LogP contribution in [0.4, 0.5) is 0 Å². The third-order valence-corrected chi connectivity index (χ3v) is 5.12. The van der Waals surface area contributed by atoms with Crippen molar-refractivity contribution in [1.82, 2.24) is 9.78 Å². The lowest BCUT2D eigenvalue weighted by atomic mass is 10.0. The molecule has 6 heteroatoms. The minimum absolute atomic E-state index is 0.0808. The number of hydrogen-bond acceptors (Lipinski definition) is 4. The van der Waals surface area contributed by atoms with Crippen LogP contribution in [0.15, 0.2) is 6.07 Å². The summed E-state index contributed by atoms with van der Waals surface area (Å²) in [7, 11) is -1.67. The minimum Gasteiger partial charge on any atom is -0.298 e. The summed E-state index contributed by atoms with van der Waals surface area (Å²) in [5.41, 5.74) is 1.54. The highest BCUT2D eigenvalue weighted by Crippen LogP contribution is 2.19. The Morgan fingerprint density at radius 2 is 2.00 bits per heavy atom. The lowest BCUT2D eigenvalue weighted by Gasteiger charge is -2.20. The molecule has 0 aliphatic heterocycles. The topological polar surface area (TPSA) is 69.0 Å². The Bertz CT molecular complexity index is 541. The first-order chi connectivity index (χ1) is 7.55. The smallest absolute Gasteiger partial charge is 0.159 e. The number of carbonyl (C=O) groups is 1. The molecule has 17 heavy (non-hydrogen) atoms. The van der Waals surface area contributed by atoms with Gasteiger partial charge in [-0.25, -0.2) is 8.42 Å². The van der Waals surface area contributed by atoms with Crippen LogP contribution in [-0.2, 0) is 28.1 Å². The van der Waals surface area contributed by atoms with Crippen LogP contribution in [-0.4, -0.2) is 35.0 Å². The van der Waals surface area contributed by atoms with Crippen molar-refractivity contribution in [3.05, 3.63) is 17.5 Å². The van der Waals surface area contributed by atoms with Crippen LogP contribution >= 0.6 is 0 Å². The maximum absolute atomic E-state index is 12.0. The average molecular weight is 258 g/mol. The predicted octanol–water partition coefficient (Wildman–Crippen LogP) is 0.663. The summed E-state index contributed by atoms with van der Waals surface area (Å²) in [5, 5.41) is 4.12. The maximum atomic E-state index is 12.0. The standard InChI is InChI=1S/C11H18N2O3S/c1-8-6-9(13(4)12-8)7-10(14)11(2,3)17(5,15)16/h6H,7H2,1-5H3. The second-order valence-corrected chi connectivity index (χ2v) is 7.35. The molecule has 5 nitrogen and oxygen atoms in total. The molecule has 0 amide bonds. The van der Waals surface area contributed by atoms with Gasteiger partial charge in [0.15, 0.2) is 15.6 Å². The van der Waals surface area contributed by atoms with E-state index in [1.807, 2.05) is 6.92 Å². The molecule has 0 aliphatic carbocycles. The van der Waals surface area contributed by atoms with E-state index < -0.39 is 14.6 Å². The highest BCUT2D eigenvalue weighted by molar-refractivity contribution is 7.92. The van der Waals surface area contributed by atoms with Crippen LogP contribution in [0.5, 0.6) is 0 Å². The molecule has 1 aromatic rings. The number of hydrogen-bond donors (Lipinski definition) is 0. The first kappa shape index (κ1) is 13.9. The SMILES string of the molecule is Cc1cc(CC(=O)C(C)(C)S(C)(=O)=O)n(C)n1. The number of aromatic nitrogens is 2. The molecule has 0 unspecified atom stereocenters. The van der Waals surface area contributed by atoms with Gasteiger partial charge >= 0.3 is 0 Å². The van der Waals surface area contributed by atoms with Crippen molar-refractivity contribution in [2.75, 3.05) is 6.26 Å². The van der Waals surface area contributed by atoms with Crippen molar-refractivity contribution >= 4 is 15.6 Å². The Balaban J connectivity index is 2.98. The molecule has 0 spiro atoms. The van der Waals surface area contributed by atoms with Crippen LogP contribution in [0.25, 0.3) is 0 Å². The van der Waals surface area contributed by atoms with Gasteiger partial charge in [-0.1, -0.05) is 0 Å². The Hall–Kier alpha value is -1.17. The maximum Gasteiger partial charge on any atom is 0.159 e. The highest BCUT2D eigenvalue weighted by atomic mass is 32.2. The summed E-state index contributed by atoms with van der Waals surface area (Å²) in [4.78, 5) is 12.0. The van der Waals surface area contributed by atoms with Crippen LogP contribution in [0.3, 0.4) is 0 Å². The summed E-state index contributed by atoms with van der Waals surface area (Å²) in [6.07, 6.45) is 1.16. The molecular formula is C11H18N2O3S. The molecule has 0 atom stereocenters. The molecular weight excluding hydrogens is 240 g/mol. The van der Waals surface area contributed by atoms with Gasteiger partial charge in [-0.2, -0.15) is 5.10 Å². The molecule has 1 aromatic heterocycles. The average Bonchev–Trinajstić information content (AvgIpc) is 2.43. The molecule has 0 saturated heterocycles. The number of ketones is 1. The lowest BCUT2D eigenvalue weighted by molar-refractivity contribution is -0.120. The summed E-state index contributed by atoms with van der Waals surface area (Å²) in [6, 6.07) is 1.79. The molecule has 0 radical (unpaired) electrons. The first-order valence-corrected chi connectivity index (χ1v) is 7.17. The van der Waals surface area contributed by atoms with Crippen LogP contribution in [0, 0.1) is 6.92 Å². The van der Waals surface area contributed by atoms with E-state index in [-0.39, 0.29) is 12.2 Å². The predicted molar refractivity (Wildman–Crippen MR) is 65.6 cm³/mol. The Morgan fingerprint density at radius 3 is 2.35 bits per heavy atom. The van der Waals surface area contributed by atoms with Crippen molar-refractivity contribution in [3.8, 4) is 0 Å². The van der Waals surface area contributed by atoms with Gasteiger partial charge in [0.25, 0.3) is 0 Å². The summed E-state index contributed by atoms with van der Waals surface area (Å²) in [5.74, 6) is -0.317. The molecule has 96 valence electrons. The minimum atomic E-state index is -3.41. The monoisotopic (exact) mass is 258 g/mol. The zero-order chi connectivity index (χ0) is 13.4. The summed E-state index contributed by atoms with van der Waals surface area (Å²) >= 11 is 0. The number of Topliss-reactive ketones (excluding diaryl/α,β-unsaturated/α-hetero) is 1. The number of nitrogens with zero attached hydrogens (tertiary/aromatic N) is 2. The second-order valence-electron chi connectivity index (χ2n) is 4.78. The fraction of sp³-hybridized carbons (Fsp3) is 0.636. The quantitative estimate of drug-likeness (QED) is 0.795. The third-order valence-electron chi connectivity index (χ3n) is 3.04. The summed E-state index contributed by atoms with van der Waals surface area (Å²) < 4.78 is 23.3. The molecule has 1 rings (SSSR count). The Kier molecular flexibility index (Phi) is 3.47. The van der Waals surface area contributed by atoms with Crippen molar-refractivity contribution in [2.45, 2.75) is 31.9 Å². The largest absolute Gasteiger partial charge is 0.298 e. The van der Waals surface area contributed by atoms with Crippen molar-refractivity contribution in [3.63, 3.8) is 0 Å². The molecule has 0 fully saturated rings. The number of carbonyl (C=O) groups excluding carboxylic acids is 1.